The van der Waals surface area contributed by atoms with Gasteiger partial charge in [-0.2, -0.15) is 10.2 Å². The minimum absolute atomic E-state index is 0.120. The Bertz CT molecular complexity index is 1010. The first-order valence-corrected chi connectivity index (χ1v) is 10.8. The van der Waals surface area contributed by atoms with Crippen LogP contribution in [-0.4, -0.2) is 30.4 Å². The Kier molecular flexibility index (Phi) is 5.05. The summed E-state index contributed by atoms with van der Waals surface area (Å²) in [5, 5.41) is 15.8. The Morgan fingerprint density at radius 2 is 1.83 bits per heavy atom. The second-order valence-electron chi connectivity index (χ2n) is 9.65. The van der Waals surface area contributed by atoms with Crippen molar-refractivity contribution in [3.63, 3.8) is 0 Å². The lowest BCUT2D eigenvalue weighted by molar-refractivity contribution is 0.420. The van der Waals surface area contributed by atoms with Gasteiger partial charge in [0.25, 0.3) is 0 Å². The Hall–Kier alpha value is -2.50. The molecule has 1 aliphatic rings. The molecule has 4 rings (SSSR count). The first-order valence-electron chi connectivity index (χ1n) is 10.8. The number of aromatic nitrogens is 6. The highest BCUT2D eigenvalue weighted by molar-refractivity contribution is 5.65. The number of nitrogens with one attached hydrogen (secondary N) is 2. The second-order valence-corrected chi connectivity index (χ2v) is 9.65. The lowest BCUT2D eigenvalue weighted by atomic mass is 9.76. The molecule has 0 radical (unpaired) electrons. The SMILES string of the molecule is CC(C)Cc1[nH]nc(-c2ccnc(-c3n[nH]c4c3CCCC4(C)C)n2)c1C(C)C. The van der Waals surface area contributed by atoms with Crippen molar-refractivity contribution in [2.75, 3.05) is 0 Å². The smallest absolute Gasteiger partial charge is 0.180 e. The fraction of sp³-hybridized carbons (Fsp3) is 0.565. The maximum absolute atomic E-state index is 4.90. The van der Waals surface area contributed by atoms with Crippen LogP contribution in [0.3, 0.4) is 0 Å². The normalized spacial score (nSPS) is 15.9. The third-order valence-electron chi connectivity index (χ3n) is 5.96. The molecule has 6 nitrogen and oxygen atoms in total. The highest BCUT2D eigenvalue weighted by atomic mass is 15.2. The van der Waals surface area contributed by atoms with Crippen molar-refractivity contribution >= 4 is 0 Å². The van der Waals surface area contributed by atoms with Crippen molar-refractivity contribution in [1.82, 2.24) is 30.4 Å². The molecule has 0 saturated carbocycles. The second kappa shape index (κ2) is 7.39. The van der Waals surface area contributed by atoms with Gasteiger partial charge in [-0.15, -0.1) is 0 Å². The molecule has 0 aromatic carbocycles. The van der Waals surface area contributed by atoms with E-state index in [0.29, 0.717) is 17.7 Å². The Morgan fingerprint density at radius 3 is 2.55 bits per heavy atom. The summed E-state index contributed by atoms with van der Waals surface area (Å²) in [4.78, 5) is 9.46. The van der Waals surface area contributed by atoms with Crippen LogP contribution >= 0.6 is 0 Å². The number of fused-ring (bicyclic) bond motifs is 1. The topological polar surface area (TPSA) is 83.1 Å². The number of rotatable bonds is 5. The summed E-state index contributed by atoms with van der Waals surface area (Å²) in [5.74, 6) is 1.62. The number of aromatic amines is 2. The van der Waals surface area contributed by atoms with Crippen LogP contribution in [0.15, 0.2) is 12.3 Å². The number of hydrogen-bond donors (Lipinski definition) is 2. The van der Waals surface area contributed by atoms with Crippen LogP contribution < -0.4 is 0 Å². The van der Waals surface area contributed by atoms with E-state index in [4.69, 9.17) is 4.98 Å². The van der Waals surface area contributed by atoms with E-state index in [0.717, 1.165) is 29.9 Å². The van der Waals surface area contributed by atoms with Crippen LogP contribution in [0.25, 0.3) is 22.9 Å². The molecule has 0 atom stereocenters. The Balaban J connectivity index is 1.77. The third-order valence-corrected chi connectivity index (χ3v) is 5.96. The first kappa shape index (κ1) is 19.8. The number of hydrogen-bond acceptors (Lipinski definition) is 4. The molecule has 2 N–H and O–H groups in total. The third kappa shape index (κ3) is 3.61. The van der Waals surface area contributed by atoms with Crippen LogP contribution in [0.4, 0.5) is 0 Å². The predicted octanol–water partition coefficient (Wildman–Crippen LogP) is 5.19. The van der Waals surface area contributed by atoms with E-state index < -0.39 is 0 Å². The zero-order valence-electron chi connectivity index (χ0n) is 18.4. The maximum Gasteiger partial charge on any atom is 0.180 e. The highest BCUT2D eigenvalue weighted by Crippen LogP contribution is 2.39. The summed E-state index contributed by atoms with van der Waals surface area (Å²) in [5.41, 5.74) is 7.77. The summed E-state index contributed by atoms with van der Waals surface area (Å²) in [6.07, 6.45) is 6.18. The summed E-state index contributed by atoms with van der Waals surface area (Å²) < 4.78 is 0. The number of nitrogens with zero attached hydrogens (tertiary/aromatic N) is 4. The lowest BCUT2D eigenvalue weighted by Crippen LogP contribution is -2.23. The van der Waals surface area contributed by atoms with Gasteiger partial charge in [0.05, 0.1) is 5.69 Å². The Morgan fingerprint density at radius 1 is 1.07 bits per heavy atom. The Labute approximate surface area is 173 Å². The highest BCUT2D eigenvalue weighted by Gasteiger charge is 2.32. The average molecular weight is 393 g/mol. The first-order chi connectivity index (χ1) is 13.8. The minimum atomic E-state index is 0.120. The molecule has 0 spiro atoms. The van der Waals surface area contributed by atoms with Gasteiger partial charge in [-0.3, -0.25) is 10.2 Å². The van der Waals surface area contributed by atoms with E-state index in [9.17, 15) is 0 Å². The molecule has 3 aromatic heterocycles. The molecular formula is C23H32N6. The van der Waals surface area contributed by atoms with E-state index in [-0.39, 0.29) is 5.41 Å². The van der Waals surface area contributed by atoms with Gasteiger partial charge in [-0.25, -0.2) is 9.97 Å². The zero-order chi connectivity index (χ0) is 20.8. The standard InChI is InChI=1S/C23H32N6/c1-13(2)12-17-18(14(3)4)20(28-26-17)16-9-11-24-22(25-16)19-15-8-7-10-23(5,6)21(15)29-27-19/h9,11,13-14H,7-8,10,12H2,1-6H3,(H,26,28)(H,27,29). The number of H-pyrrole nitrogens is 2. The van der Waals surface area contributed by atoms with Gasteiger partial charge in [-0.1, -0.05) is 41.5 Å². The molecule has 154 valence electrons. The molecule has 0 bridgehead atoms. The molecule has 3 heterocycles. The maximum atomic E-state index is 4.90. The summed E-state index contributed by atoms with van der Waals surface area (Å²) in [6.45, 7) is 13.4. The van der Waals surface area contributed by atoms with Gasteiger partial charge in [0.1, 0.15) is 11.4 Å². The van der Waals surface area contributed by atoms with Gasteiger partial charge in [-0.05, 0) is 43.6 Å². The van der Waals surface area contributed by atoms with E-state index in [1.54, 1.807) is 0 Å². The van der Waals surface area contributed by atoms with E-state index >= 15 is 0 Å². The lowest BCUT2D eigenvalue weighted by Gasteiger charge is -2.29. The molecule has 1 aliphatic carbocycles. The van der Waals surface area contributed by atoms with Crippen molar-refractivity contribution in [2.45, 2.75) is 78.6 Å². The zero-order valence-corrected chi connectivity index (χ0v) is 18.4. The molecule has 29 heavy (non-hydrogen) atoms. The molecule has 0 unspecified atom stereocenters. The quantitative estimate of drug-likeness (QED) is 0.626. The molecule has 0 fully saturated rings. The molecular weight excluding hydrogens is 360 g/mol. The van der Waals surface area contributed by atoms with Crippen molar-refractivity contribution in [3.05, 3.63) is 34.8 Å². The minimum Gasteiger partial charge on any atom is -0.282 e. The van der Waals surface area contributed by atoms with Gasteiger partial charge in [0.15, 0.2) is 5.82 Å². The molecule has 6 heteroatoms. The van der Waals surface area contributed by atoms with Crippen LogP contribution in [-0.2, 0) is 18.3 Å². The average Bonchev–Trinajstić information content (AvgIpc) is 3.26. The van der Waals surface area contributed by atoms with E-state index in [1.807, 2.05) is 12.3 Å². The monoisotopic (exact) mass is 392 g/mol. The van der Waals surface area contributed by atoms with Gasteiger partial charge in [0.2, 0.25) is 0 Å². The van der Waals surface area contributed by atoms with Crippen molar-refractivity contribution in [3.8, 4) is 22.9 Å². The fourth-order valence-corrected chi connectivity index (χ4v) is 4.56. The van der Waals surface area contributed by atoms with Crippen molar-refractivity contribution < 1.29 is 0 Å². The van der Waals surface area contributed by atoms with Crippen molar-refractivity contribution in [1.29, 1.82) is 0 Å². The van der Waals surface area contributed by atoms with E-state index in [1.165, 1.54) is 35.4 Å². The van der Waals surface area contributed by atoms with Crippen LogP contribution in [0.2, 0.25) is 0 Å². The molecule has 3 aromatic rings. The van der Waals surface area contributed by atoms with Gasteiger partial charge in [0, 0.05) is 34.1 Å². The van der Waals surface area contributed by atoms with Crippen molar-refractivity contribution in [2.24, 2.45) is 5.92 Å². The predicted molar refractivity (Wildman–Crippen MR) is 116 cm³/mol. The van der Waals surface area contributed by atoms with Crippen LogP contribution in [0, 0.1) is 5.92 Å². The van der Waals surface area contributed by atoms with Crippen LogP contribution in [0.5, 0.6) is 0 Å². The molecule has 0 aliphatic heterocycles. The van der Waals surface area contributed by atoms with Crippen LogP contribution in [0.1, 0.15) is 82.8 Å². The fourth-order valence-electron chi connectivity index (χ4n) is 4.56. The van der Waals surface area contributed by atoms with Gasteiger partial charge >= 0.3 is 0 Å². The molecule has 0 amide bonds. The summed E-state index contributed by atoms with van der Waals surface area (Å²) >= 11 is 0. The van der Waals surface area contributed by atoms with Gasteiger partial charge < -0.3 is 0 Å². The molecule has 0 saturated heterocycles. The summed E-state index contributed by atoms with van der Waals surface area (Å²) in [7, 11) is 0. The largest absolute Gasteiger partial charge is 0.282 e. The van der Waals surface area contributed by atoms with E-state index in [2.05, 4.69) is 66.9 Å². The summed E-state index contributed by atoms with van der Waals surface area (Å²) in [6, 6.07) is 1.95.